The van der Waals surface area contributed by atoms with Crippen LogP contribution in [0.5, 0.6) is 0 Å². The van der Waals surface area contributed by atoms with E-state index in [1.165, 1.54) is 4.90 Å². The molecule has 0 aromatic heterocycles. The topological polar surface area (TPSA) is 46.6 Å². The number of carbonyl (C=O) groups excluding carboxylic acids is 2. The van der Waals surface area contributed by atoms with E-state index in [2.05, 4.69) is 15.9 Å². The Bertz CT molecular complexity index is 430. The molecule has 0 N–H and O–H groups in total. The summed E-state index contributed by atoms with van der Waals surface area (Å²) in [5.41, 5.74) is 0.950. The fourth-order valence-corrected chi connectivity index (χ4v) is 1.93. The third-order valence-corrected chi connectivity index (χ3v) is 3.06. The summed E-state index contributed by atoms with van der Waals surface area (Å²) in [5, 5.41) is 0. The van der Waals surface area contributed by atoms with Gasteiger partial charge in [-0.2, -0.15) is 0 Å². The summed E-state index contributed by atoms with van der Waals surface area (Å²) < 4.78 is 5.74. The average Bonchev–Trinajstić information content (AvgIpc) is 2.68. The predicted molar refractivity (Wildman–Crippen MR) is 65.8 cm³/mol. The highest BCUT2D eigenvalue weighted by atomic mass is 79.9. The molecular formula is C12H12BrNO3. The number of hydrogen-bond donors (Lipinski definition) is 0. The molecule has 1 heterocycles. The zero-order valence-corrected chi connectivity index (χ0v) is 10.8. The molecule has 0 aliphatic carbocycles. The minimum absolute atomic E-state index is 0.0196. The molecule has 0 saturated carbocycles. The van der Waals surface area contributed by atoms with Crippen LogP contribution >= 0.6 is 15.9 Å². The normalized spacial score (nSPS) is 14.9. The molecule has 1 aromatic carbocycles. The van der Waals surface area contributed by atoms with Crippen LogP contribution in [0.25, 0.3) is 0 Å². The van der Waals surface area contributed by atoms with Gasteiger partial charge in [-0.25, -0.2) is 4.79 Å². The van der Waals surface area contributed by atoms with Crippen LogP contribution in [0.1, 0.15) is 5.56 Å². The Kier molecular flexibility index (Phi) is 3.78. The molecule has 1 amide bonds. The Morgan fingerprint density at radius 3 is 2.65 bits per heavy atom. The molecule has 0 spiro atoms. The van der Waals surface area contributed by atoms with E-state index in [1.807, 2.05) is 24.3 Å². The number of benzene rings is 1. The molecule has 2 rings (SSSR count). The molecule has 90 valence electrons. The lowest BCUT2D eigenvalue weighted by atomic mass is 10.1. The van der Waals surface area contributed by atoms with Crippen molar-refractivity contribution in [3.8, 4) is 0 Å². The van der Waals surface area contributed by atoms with Crippen molar-refractivity contribution in [3.63, 3.8) is 0 Å². The fraction of sp³-hybridized carbons (Fsp3) is 0.333. The van der Waals surface area contributed by atoms with E-state index in [9.17, 15) is 9.59 Å². The number of carbonyl (C=O) groups is 2. The van der Waals surface area contributed by atoms with Crippen molar-refractivity contribution >= 4 is 27.8 Å². The molecule has 4 nitrogen and oxygen atoms in total. The van der Waals surface area contributed by atoms with Crippen LogP contribution in [-0.4, -0.2) is 36.5 Å². The van der Waals surface area contributed by atoms with Crippen LogP contribution in [-0.2, 0) is 16.0 Å². The molecule has 0 atom stereocenters. The molecule has 1 aliphatic heterocycles. The third-order valence-electron chi connectivity index (χ3n) is 2.53. The highest BCUT2D eigenvalue weighted by molar-refractivity contribution is 9.10. The van der Waals surface area contributed by atoms with Gasteiger partial charge in [0.2, 0.25) is 0 Å². The van der Waals surface area contributed by atoms with Gasteiger partial charge in [-0.05, 0) is 17.7 Å². The van der Waals surface area contributed by atoms with Crippen molar-refractivity contribution < 1.29 is 14.3 Å². The molecule has 0 radical (unpaired) electrons. The first-order chi connectivity index (χ1) is 8.15. The van der Waals surface area contributed by atoms with Gasteiger partial charge >= 0.3 is 6.09 Å². The molecule has 1 saturated heterocycles. The Hall–Kier alpha value is -1.36. The Balaban J connectivity index is 1.88. The van der Waals surface area contributed by atoms with Gasteiger partial charge in [0.25, 0.3) is 0 Å². The zero-order valence-electron chi connectivity index (χ0n) is 9.19. The van der Waals surface area contributed by atoms with E-state index in [4.69, 9.17) is 4.74 Å². The highest BCUT2D eigenvalue weighted by Gasteiger charge is 2.23. The maximum absolute atomic E-state index is 11.7. The van der Waals surface area contributed by atoms with Crippen molar-refractivity contribution in [2.45, 2.75) is 6.42 Å². The van der Waals surface area contributed by atoms with Gasteiger partial charge in [0.15, 0.2) is 5.78 Å². The largest absolute Gasteiger partial charge is 0.448 e. The van der Waals surface area contributed by atoms with Gasteiger partial charge in [0.05, 0.1) is 13.1 Å². The molecule has 1 aromatic rings. The van der Waals surface area contributed by atoms with Crippen molar-refractivity contribution in [2.75, 3.05) is 19.7 Å². The summed E-state index contributed by atoms with van der Waals surface area (Å²) in [6, 6.07) is 7.58. The second-order valence-corrected chi connectivity index (χ2v) is 4.79. The average molecular weight is 298 g/mol. The first-order valence-corrected chi connectivity index (χ1v) is 6.12. The lowest BCUT2D eigenvalue weighted by Gasteiger charge is -2.11. The van der Waals surface area contributed by atoms with Crippen molar-refractivity contribution in [1.29, 1.82) is 0 Å². The lowest BCUT2D eigenvalue weighted by Crippen LogP contribution is -2.31. The zero-order chi connectivity index (χ0) is 12.3. The first-order valence-electron chi connectivity index (χ1n) is 5.33. The quantitative estimate of drug-likeness (QED) is 0.854. The molecule has 0 bridgehead atoms. The van der Waals surface area contributed by atoms with Gasteiger partial charge in [0, 0.05) is 10.9 Å². The number of ketones is 1. The minimum atomic E-state index is -0.394. The van der Waals surface area contributed by atoms with Crippen molar-refractivity contribution in [1.82, 2.24) is 4.90 Å². The molecular weight excluding hydrogens is 286 g/mol. The summed E-state index contributed by atoms with van der Waals surface area (Å²) >= 11 is 3.34. The van der Waals surface area contributed by atoms with Crippen LogP contribution in [0, 0.1) is 0 Å². The number of amides is 1. The van der Waals surface area contributed by atoms with E-state index in [0.29, 0.717) is 19.6 Å². The standard InChI is InChI=1S/C12H12BrNO3/c13-10-3-1-9(2-4-10)7-11(15)8-14-5-6-17-12(14)16/h1-4H,5-8H2. The second kappa shape index (κ2) is 5.31. The lowest BCUT2D eigenvalue weighted by molar-refractivity contribution is -0.118. The van der Waals surface area contributed by atoms with Gasteiger partial charge in [-0.1, -0.05) is 28.1 Å². The van der Waals surface area contributed by atoms with Crippen molar-refractivity contribution in [2.24, 2.45) is 0 Å². The van der Waals surface area contributed by atoms with E-state index >= 15 is 0 Å². The van der Waals surface area contributed by atoms with Gasteiger partial charge in [-0.15, -0.1) is 0 Å². The predicted octanol–water partition coefficient (Wildman–Crippen LogP) is 2.01. The Labute approximate surface area is 108 Å². The highest BCUT2D eigenvalue weighted by Crippen LogP contribution is 2.11. The Morgan fingerprint density at radius 2 is 2.06 bits per heavy atom. The van der Waals surface area contributed by atoms with E-state index in [1.54, 1.807) is 0 Å². The SMILES string of the molecule is O=C(Cc1ccc(Br)cc1)CN1CCOC1=O. The van der Waals surface area contributed by atoms with Gasteiger partial charge in [0.1, 0.15) is 6.61 Å². The molecule has 1 aliphatic rings. The smallest absolute Gasteiger partial charge is 0.410 e. The van der Waals surface area contributed by atoms with Crippen LogP contribution in [0.15, 0.2) is 28.7 Å². The summed E-state index contributed by atoms with van der Waals surface area (Å²) in [6.45, 7) is 1.02. The number of halogens is 1. The van der Waals surface area contributed by atoms with Crippen molar-refractivity contribution in [3.05, 3.63) is 34.3 Å². The number of nitrogens with zero attached hydrogens (tertiary/aromatic N) is 1. The van der Waals surface area contributed by atoms with E-state index in [-0.39, 0.29) is 12.3 Å². The van der Waals surface area contributed by atoms with Crippen LogP contribution in [0.2, 0.25) is 0 Å². The maximum Gasteiger partial charge on any atom is 0.410 e. The monoisotopic (exact) mass is 297 g/mol. The van der Waals surface area contributed by atoms with Crippen LogP contribution in [0.3, 0.4) is 0 Å². The van der Waals surface area contributed by atoms with Crippen LogP contribution < -0.4 is 0 Å². The fourth-order valence-electron chi connectivity index (χ4n) is 1.67. The molecule has 17 heavy (non-hydrogen) atoms. The van der Waals surface area contributed by atoms with Gasteiger partial charge < -0.3 is 4.74 Å². The van der Waals surface area contributed by atoms with Crippen LogP contribution in [0.4, 0.5) is 4.79 Å². The molecule has 5 heteroatoms. The maximum atomic E-state index is 11.7. The third kappa shape index (κ3) is 3.30. The number of hydrogen-bond acceptors (Lipinski definition) is 3. The molecule has 1 fully saturated rings. The number of rotatable bonds is 4. The van der Waals surface area contributed by atoms with E-state index < -0.39 is 6.09 Å². The minimum Gasteiger partial charge on any atom is -0.448 e. The second-order valence-electron chi connectivity index (χ2n) is 3.88. The number of ether oxygens (including phenoxy) is 1. The summed E-state index contributed by atoms with van der Waals surface area (Å²) in [4.78, 5) is 24.3. The number of Topliss-reactive ketones (excluding diaryl/α,β-unsaturated/α-hetero) is 1. The Morgan fingerprint density at radius 1 is 1.35 bits per heavy atom. The summed E-state index contributed by atoms with van der Waals surface area (Å²) in [5.74, 6) is 0.0196. The van der Waals surface area contributed by atoms with E-state index in [0.717, 1.165) is 10.0 Å². The first kappa shape index (κ1) is 12.1. The molecule has 0 unspecified atom stereocenters. The van der Waals surface area contributed by atoms with Gasteiger partial charge in [-0.3, -0.25) is 9.69 Å². The summed E-state index contributed by atoms with van der Waals surface area (Å²) in [6.07, 6.45) is -0.0500. The summed E-state index contributed by atoms with van der Waals surface area (Å²) in [7, 11) is 0. The number of cyclic esters (lactones) is 1.